The number of rotatable bonds is 8. The van der Waals surface area contributed by atoms with Gasteiger partial charge in [0.15, 0.2) is 0 Å². The first-order valence-electron chi connectivity index (χ1n) is 8.17. The number of hydrogen-bond donors (Lipinski definition) is 1. The molecule has 0 bridgehead atoms. The summed E-state index contributed by atoms with van der Waals surface area (Å²) in [4.78, 5) is 2.27. The van der Waals surface area contributed by atoms with Crippen molar-refractivity contribution in [3.8, 4) is 5.75 Å². The number of nitrogens with zero attached hydrogens (tertiary/aromatic N) is 1. The summed E-state index contributed by atoms with van der Waals surface area (Å²) in [6.07, 6.45) is 3.39. The number of ether oxygens (including phenoxy) is 1. The first-order chi connectivity index (χ1) is 10.0. The number of fused-ring (bicyclic) bond motifs is 1. The van der Waals surface area contributed by atoms with Gasteiger partial charge >= 0.3 is 0 Å². The molecule has 21 heavy (non-hydrogen) atoms. The maximum atomic E-state index is 5.56. The molecule has 0 amide bonds. The van der Waals surface area contributed by atoms with Crippen molar-refractivity contribution in [3.63, 3.8) is 0 Å². The molecular weight excluding hydrogens is 260 g/mol. The van der Waals surface area contributed by atoms with Gasteiger partial charge in [-0.15, -0.1) is 0 Å². The van der Waals surface area contributed by atoms with E-state index in [1.165, 1.54) is 17.5 Å². The Bertz CT molecular complexity index is 433. The molecule has 1 unspecified atom stereocenters. The third-order valence-electron chi connectivity index (χ3n) is 3.94. The Labute approximate surface area is 129 Å². The van der Waals surface area contributed by atoms with Crippen LogP contribution in [0.5, 0.6) is 5.75 Å². The third-order valence-corrected chi connectivity index (χ3v) is 3.94. The maximum Gasteiger partial charge on any atom is 0.122 e. The lowest BCUT2D eigenvalue weighted by Gasteiger charge is -2.24. The van der Waals surface area contributed by atoms with Crippen molar-refractivity contribution in [2.75, 3.05) is 33.8 Å². The van der Waals surface area contributed by atoms with E-state index in [4.69, 9.17) is 4.74 Å². The molecule has 1 N–H and O–H groups in total. The quantitative estimate of drug-likeness (QED) is 0.797. The highest BCUT2D eigenvalue weighted by molar-refractivity contribution is 5.39. The second-order valence-corrected chi connectivity index (χ2v) is 6.83. The molecule has 0 spiro atoms. The highest BCUT2D eigenvalue weighted by Gasteiger charge is 2.13. The molecule has 1 aromatic carbocycles. The van der Waals surface area contributed by atoms with E-state index < -0.39 is 0 Å². The molecule has 118 valence electrons. The van der Waals surface area contributed by atoms with Gasteiger partial charge in [0, 0.05) is 19.0 Å². The molecule has 0 saturated heterocycles. The summed E-state index contributed by atoms with van der Waals surface area (Å²) in [5, 5.41) is 3.73. The summed E-state index contributed by atoms with van der Waals surface area (Å²) in [7, 11) is 4.30. The van der Waals surface area contributed by atoms with Gasteiger partial charge in [0.25, 0.3) is 0 Å². The normalized spacial score (nSPS) is 15.3. The van der Waals surface area contributed by atoms with Crippen LogP contribution in [-0.4, -0.2) is 44.7 Å². The van der Waals surface area contributed by atoms with Gasteiger partial charge in [-0.25, -0.2) is 0 Å². The molecule has 1 heterocycles. The molecule has 1 atom stereocenters. The smallest absolute Gasteiger partial charge is 0.122 e. The fourth-order valence-corrected chi connectivity index (χ4v) is 3.05. The zero-order valence-electron chi connectivity index (χ0n) is 14.0. The van der Waals surface area contributed by atoms with Crippen LogP contribution in [0, 0.1) is 5.92 Å². The first-order valence-corrected chi connectivity index (χ1v) is 8.17. The van der Waals surface area contributed by atoms with E-state index in [0.717, 1.165) is 44.2 Å². The second-order valence-electron chi connectivity index (χ2n) is 6.83. The van der Waals surface area contributed by atoms with Crippen LogP contribution in [0.25, 0.3) is 0 Å². The van der Waals surface area contributed by atoms with Crippen LogP contribution in [0.15, 0.2) is 18.2 Å². The third kappa shape index (κ3) is 5.33. The lowest BCUT2D eigenvalue weighted by molar-refractivity contribution is 0.307. The van der Waals surface area contributed by atoms with Crippen molar-refractivity contribution in [1.82, 2.24) is 10.2 Å². The first kappa shape index (κ1) is 16.3. The zero-order valence-corrected chi connectivity index (χ0v) is 14.0. The summed E-state index contributed by atoms with van der Waals surface area (Å²) >= 11 is 0. The average Bonchev–Trinajstić information content (AvgIpc) is 2.84. The van der Waals surface area contributed by atoms with E-state index in [1.54, 1.807) is 0 Å². The second kappa shape index (κ2) is 7.81. The summed E-state index contributed by atoms with van der Waals surface area (Å²) in [6.45, 7) is 7.59. The fourth-order valence-electron chi connectivity index (χ4n) is 3.05. The van der Waals surface area contributed by atoms with Gasteiger partial charge in [0.1, 0.15) is 5.75 Å². The van der Waals surface area contributed by atoms with Crippen LogP contribution in [0.4, 0.5) is 0 Å². The molecular formula is C18H30N2O. The number of benzene rings is 1. The monoisotopic (exact) mass is 290 g/mol. The van der Waals surface area contributed by atoms with Crippen molar-refractivity contribution in [2.45, 2.75) is 39.2 Å². The van der Waals surface area contributed by atoms with Gasteiger partial charge in [-0.3, -0.25) is 0 Å². The van der Waals surface area contributed by atoms with E-state index in [2.05, 4.69) is 56.4 Å². The summed E-state index contributed by atoms with van der Waals surface area (Å²) in [6, 6.07) is 7.23. The molecule has 3 nitrogen and oxygen atoms in total. The van der Waals surface area contributed by atoms with Gasteiger partial charge in [-0.05, 0) is 56.6 Å². The van der Waals surface area contributed by atoms with Crippen LogP contribution in [0.3, 0.4) is 0 Å². The minimum absolute atomic E-state index is 0.581. The molecule has 1 aliphatic rings. The Morgan fingerprint density at radius 1 is 1.29 bits per heavy atom. The molecule has 1 aromatic rings. The Balaban J connectivity index is 1.81. The molecule has 2 rings (SSSR count). The lowest BCUT2D eigenvalue weighted by atomic mass is 10.0. The molecule has 0 fully saturated rings. The van der Waals surface area contributed by atoms with Crippen LogP contribution in [-0.2, 0) is 12.8 Å². The predicted molar refractivity (Wildman–Crippen MR) is 89.1 cm³/mol. The van der Waals surface area contributed by atoms with Crippen molar-refractivity contribution < 1.29 is 4.74 Å². The van der Waals surface area contributed by atoms with E-state index in [-0.39, 0.29) is 0 Å². The Kier molecular flexibility index (Phi) is 6.07. The highest BCUT2D eigenvalue weighted by Crippen LogP contribution is 2.25. The van der Waals surface area contributed by atoms with Crippen LogP contribution < -0.4 is 10.1 Å². The van der Waals surface area contributed by atoms with Crippen molar-refractivity contribution in [1.29, 1.82) is 0 Å². The van der Waals surface area contributed by atoms with Crippen LogP contribution in [0.2, 0.25) is 0 Å². The number of likely N-dealkylation sites (N-methyl/N-ethyl adjacent to an activating group) is 1. The molecule has 3 heteroatoms. The van der Waals surface area contributed by atoms with Gasteiger partial charge in [0.2, 0.25) is 0 Å². The van der Waals surface area contributed by atoms with Gasteiger partial charge in [-0.1, -0.05) is 26.0 Å². The van der Waals surface area contributed by atoms with Gasteiger partial charge in [-0.2, -0.15) is 0 Å². The summed E-state index contributed by atoms with van der Waals surface area (Å²) in [5.41, 5.74) is 2.79. The largest absolute Gasteiger partial charge is 0.493 e. The Morgan fingerprint density at radius 2 is 2.10 bits per heavy atom. The van der Waals surface area contributed by atoms with E-state index in [0.29, 0.717) is 6.04 Å². The minimum Gasteiger partial charge on any atom is -0.493 e. The van der Waals surface area contributed by atoms with Crippen LogP contribution in [0.1, 0.15) is 31.4 Å². The maximum absolute atomic E-state index is 5.56. The lowest BCUT2D eigenvalue weighted by Crippen LogP contribution is -2.40. The fraction of sp³-hybridized carbons (Fsp3) is 0.667. The summed E-state index contributed by atoms with van der Waals surface area (Å²) < 4.78 is 5.56. The standard InChI is InChI=1S/C18H30N2O/c1-14(2)11-17(13-20(3)4)19-9-7-15-5-6-18-16(12-15)8-10-21-18/h5-6,12,14,17,19H,7-11,13H2,1-4H3. The van der Waals surface area contributed by atoms with Crippen LogP contribution >= 0.6 is 0 Å². The van der Waals surface area contributed by atoms with Crippen molar-refractivity contribution >= 4 is 0 Å². The molecule has 0 saturated carbocycles. The van der Waals surface area contributed by atoms with E-state index in [1.807, 2.05) is 0 Å². The summed E-state index contributed by atoms with van der Waals surface area (Å²) in [5.74, 6) is 1.82. The Morgan fingerprint density at radius 3 is 2.81 bits per heavy atom. The van der Waals surface area contributed by atoms with Crippen molar-refractivity contribution in [2.24, 2.45) is 5.92 Å². The highest BCUT2D eigenvalue weighted by atomic mass is 16.5. The van der Waals surface area contributed by atoms with Gasteiger partial charge in [0.05, 0.1) is 6.61 Å². The topological polar surface area (TPSA) is 24.5 Å². The average molecular weight is 290 g/mol. The van der Waals surface area contributed by atoms with E-state index >= 15 is 0 Å². The number of hydrogen-bond acceptors (Lipinski definition) is 3. The SMILES string of the molecule is CC(C)CC(CN(C)C)NCCc1ccc2c(c1)CCO2. The number of nitrogens with one attached hydrogen (secondary N) is 1. The molecule has 0 aromatic heterocycles. The molecule has 0 radical (unpaired) electrons. The zero-order chi connectivity index (χ0) is 15.2. The predicted octanol–water partition coefficient (Wildman–Crippen LogP) is 2.73. The Hall–Kier alpha value is -1.06. The minimum atomic E-state index is 0.581. The van der Waals surface area contributed by atoms with Crippen molar-refractivity contribution in [3.05, 3.63) is 29.3 Å². The molecule has 0 aliphatic carbocycles. The van der Waals surface area contributed by atoms with Gasteiger partial charge < -0.3 is 15.0 Å². The van der Waals surface area contributed by atoms with E-state index in [9.17, 15) is 0 Å². The molecule has 1 aliphatic heterocycles.